The molecule has 2 heterocycles. The van der Waals surface area contributed by atoms with E-state index in [0.717, 1.165) is 36.0 Å². The molecule has 1 aromatic carbocycles. The van der Waals surface area contributed by atoms with Crippen molar-refractivity contribution in [3.05, 3.63) is 71.3 Å². The van der Waals surface area contributed by atoms with Crippen molar-refractivity contribution in [1.29, 1.82) is 0 Å². The van der Waals surface area contributed by atoms with E-state index in [1.807, 2.05) is 56.3 Å². The van der Waals surface area contributed by atoms with Gasteiger partial charge in [-0.1, -0.05) is 67.8 Å². The highest BCUT2D eigenvalue weighted by Gasteiger charge is 2.66. The number of hydrogen-bond donors (Lipinski definition) is 3. The van der Waals surface area contributed by atoms with Crippen molar-refractivity contribution in [2.24, 2.45) is 17.8 Å². The smallest absolute Gasteiger partial charge is 0.331 e. The molecule has 1 aliphatic carbocycles. The number of carbonyl (C=O) groups excluding carboxylic acids is 2. The van der Waals surface area contributed by atoms with Gasteiger partial charge in [0.25, 0.3) is 5.91 Å². The summed E-state index contributed by atoms with van der Waals surface area (Å²) in [5.74, 6) is -1.82. The first-order valence-corrected chi connectivity index (χ1v) is 12.7. The number of benzene rings is 1. The van der Waals surface area contributed by atoms with Gasteiger partial charge in [-0.3, -0.25) is 4.79 Å². The first kappa shape index (κ1) is 25.4. The molecule has 4 rings (SSSR count). The van der Waals surface area contributed by atoms with Gasteiger partial charge in [-0.15, -0.1) is 0 Å². The van der Waals surface area contributed by atoms with Crippen LogP contribution in [-0.2, 0) is 20.7 Å². The summed E-state index contributed by atoms with van der Waals surface area (Å²) >= 11 is 0. The second kappa shape index (κ2) is 10.5. The minimum atomic E-state index is -1.57. The fourth-order valence-corrected chi connectivity index (χ4v) is 5.97. The minimum absolute atomic E-state index is 0.288. The van der Waals surface area contributed by atoms with Gasteiger partial charge in [0.15, 0.2) is 0 Å². The van der Waals surface area contributed by atoms with Crippen LogP contribution in [0, 0.1) is 17.8 Å². The van der Waals surface area contributed by atoms with E-state index in [1.54, 1.807) is 0 Å². The summed E-state index contributed by atoms with van der Waals surface area (Å²) in [5.41, 5.74) is 1.18. The zero-order chi connectivity index (χ0) is 25.2. The van der Waals surface area contributed by atoms with E-state index in [0.29, 0.717) is 18.8 Å². The summed E-state index contributed by atoms with van der Waals surface area (Å²) in [6, 6.07) is 9.62. The number of aliphatic hydroxyl groups is 2. The van der Waals surface area contributed by atoms with Crippen molar-refractivity contribution in [3.8, 4) is 0 Å². The maximum Gasteiger partial charge on any atom is 0.331 e. The number of aliphatic hydroxyl groups excluding tert-OH is 2. The van der Waals surface area contributed by atoms with E-state index in [1.165, 1.54) is 12.2 Å². The fraction of sp³-hybridized carbons (Fsp3) is 0.517. The van der Waals surface area contributed by atoms with Gasteiger partial charge in [0.2, 0.25) is 5.60 Å². The first-order chi connectivity index (χ1) is 16.7. The highest BCUT2D eigenvalue weighted by Crippen LogP contribution is 2.50. The molecule has 0 bridgehead atoms. The van der Waals surface area contributed by atoms with E-state index in [2.05, 4.69) is 12.2 Å². The second-order valence-electron chi connectivity index (χ2n) is 10.4. The molecular formula is C29H37NO5. The Morgan fingerprint density at radius 3 is 2.54 bits per heavy atom. The highest BCUT2D eigenvalue weighted by molar-refractivity contribution is 5.94. The molecular weight excluding hydrogens is 442 g/mol. The van der Waals surface area contributed by atoms with Crippen LogP contribution < -0.4 is 5.32 Å². The van der Waals surface area contributed by atoms with Gasteiger partial charge >= 0.3 is 5.97 Å². The molecule has 0 radical (unpaired) electrons. The third-order valence-corrected chi connectivity index (χ3v) is 8.00. The number of ether oxygens (including phenoxy) is 1. The molecule has 2 aliphatic heterocycles. The van der Waals surface area contributed by atoms with Gasteiger partial charge in [-0.05, 0) is 56.2 Å². The first-order valence-electron chi connectivity index (χ1n) is 12.7. The molecule has 188 valence electrons. The van der Waals surface area contributed by atoms with Crippen molar-refractivity contribution < 1.29 is 24.5 Å². The van der Waals surface area contributed by atoms with Crippen molar-refractivity contribution in [1.82, 2.24) is 5.32 Å². The summed E-state index contributed by atoms with van der Waals surface area (Å²) < 4.78 is 6.06. The lowest BCUT2D eigenvalue weighted by molar-refractivity contribution is -0.175. The van der Waals surface area contributed by atoms with E-state index < -0.39 is 35.6 Å². The molecule has 0 saturated carbocycles. The third kappa shape index (κ3) is 5.00. The Morgan fingerprint density at radius 1 is 1.06 bits per heavy atom. The molecule has 7 atom stereocenters. The Morgan fingerprint density at radius 2 is 1.80 bits per heavy atom. The highest BCUT2D eigenvalue weighted by atomic mass is 16.6. The van der Waals surface area contributed by atoms with Gasteiger partial charge in [0, 0.05) is 12.1 Å². The maximum absolute atomic E-state index is 13.7. The summed E-state index contributed by atoms with van der Waals surface area (Å²) in [4.78, 5) is 26.8. The van der Waals surface area contributed by atoms with Crippen LogP contribution in [0.15, 0.2) is 65.8 Å². The summed E-state index contributed by atoms with van der Waals surface area (Å²) in [6.07, 6.45) is 8.56. The predicted molar refractivity (Wildman–Crippen MR) is 134 cm³/mol. The second-order valence-corrected chi connectivity index (χ2v) is 10.4. The number of amides is 1. The molecule has 1 spiro atoms. The average molecular weight is 480 g/mol. The van der Waals surface area contributed by atoms with Crippen molar-refractivity contribution >= 4 is 11.9 Å². The van der Waals surface area contributed by atoms with Crippen LogP contribution in [0.1, 0.15) is 52.0 Å². The van der Waals surface area contributed by atoms with Gasteiger partial charge < -0.3 is 20.3 Å². The van der Waals surface area contributed by atoms with Crippen molar-refractivity contribution in [3.63, 3.8) is 0 Å². The van der Waals surface area contributed by atoms with Crippen LogP contribution in [0.2, 0.25) is 0 Å². The molecule has 3 aliphatic rings. The SMILES string of the molecule is CC1=C(C)C2C(Cc3ccccc3)NC(=O)C23OC(=O)C=CC(O)CCCC(C)CC=CC3C1O. The van der Waals surface area contributed by atoms with E-state index in [9.17, 15) is 19.8 Å². The monoisotopic (exact) mass is 479 g/mol. The largest absolute Gasteiger partial charge is 0.444 e. The summed E-state index contributed by atoms with van der Waals surface area (Å²) in [5, 5.41) is 24.7. The number of esters is 1. The van der Waals surface area contributed by atoms with Crippen LogP contribution in [0.4, 0.5) is 0 Å². The number of carbonyl (C=O) groups is 2. The minimum Gasteiger partial charge on any atom is -0.444 e. The predicted octanol–water partition coefficient (Wildman–Crippen LogP) is 3.64. The van der Waals surface area contributed by atoms with Crippen LogP contribution >= 0.6 is 0 Å². The molecule has 1 fully saturated rings. The van der Waals surface area contributed by atoms with E-state index in [4.69, 9.17) is 4.74 Å². The number of rotatable bonds is 2. The standard InChI is InChI=1S/C29H37NO5/c1-18-9-7-13-22(31)15-16-25(32)35-29-23(14-8-10-18)27(33)20(3)19(2)26(29)24(30-28(29)34)17-21-11-5-4-6-12-21/h4-6,8,11-12,14-16,18,22-24,26-27,31,33H,7,9-10,13,17H2,1-3H3,(H,30,34). The van der Waals surface area contributed by atoms with Crippen molar-refractivity contribution in [2.75, 3.05) is 0 Å². The van der Waals surface area contributed by atoms with Crippen molar-refractivity contribution in [2.45, 2.75) is 76.7 Å². The maximum atomic E-state index is 13.7. The molecule has 1 saturated heterocycles. The van der Waals surface area contributed by atoms with Crippen LogP contribution in [0.3, 0.4) is 0 Å². The molecule has 6 heteroatoms. The van der Waals surface area contributed by atoms with Gasteiger partial charge in [-0.25, -0.2) is 4.79 Å². The van der Waals surface area contributed by atoms with E-state index in [-0.39, 0.29) is 11.9 Å². The number of hydrogen-bond acceptors (Lipinski definition) is 5. The molecule has 0 aromatic heterocycles. The van der Waals surface area contributed by atoms with Crippen LogP contribution in [0.25, 0.3) is 0 Å². The third-order valence-electron chi connectivity index (χ3n) is 8.00. The Bertz CT molecular complexity index is 1030. The molecule has 1 amide bonds. The fourth-order valence-electron chi connectivity index (χ4n) is 5.97. The molecule has 3 N–H and O–H groups in total. The molecule has 6 nitrogen and oxygen atoms in total. The summed E-state index contributed by atoms with van der Waals surface area (Å²) in [7, 11) is 0. The molecule has 35 heavy (non-hydrogen) atoms. The van der Waals surface area contributed by atoms with Gasteiger partial charge in [-0.2, -0.15) is 0 Å². The Labute approximate surface area is 207 Å². The number of nitrogens with one attached hydrogen (secondary N) is 1. The Balaban J connectivity index is 1.80. The van der Waals surface area contributed by atoms with Gasteiger partial charge in [0.1, 0.15) is 0 Å². The lowest BCUT2D eigenvalue weighted by Crippen LogP contribution is -2.59. The lowest BCUT2D eigenvalue weighted by Gasteiger charge is -2.46. The molecule has 7 unspecified atom stereocenters. The Hall–Kier alpha value is -2.70. The normalized spacial score (nSPS) is 36.1. The van der Waals surface area contributed by atoms with Crippen LogP contribution in [0.5, 0.6) is 0 Å². The average Bonchev–Trinajstić information content (AvgIpc) is 3.09. The number of allylic oxidation sites excluding steroid dienone is 1. The topological polar surface area (TPSA) is 95.9 Å². The zero-order valence-corrected chi connectivity index (χ0v) is 20.8. The lowest BCUT2D eigenvalue weighted by atomic mass is 9.63. The van der Waals surface area contributed by atoms with Crippen LogP contribution in [-0.4, -0.2) is 45.9 Å². The molecule has 1 aromatic rings. The quantitative estimate of drug-likeness (QED) is 0.445. The Kier molecular flexibility index (Phi) is 7.62. The summed E-state index contributed by atoms with van der Waals surface area (Å²) in [6.45, 7) is 5.97. The van der Waals surface area contributed by atoms with E-state index >= 15 is 0 Å². The zero-order valence-electron chi connectivity index (χ0n) is 20.8. The van der Waals surface area contributed by atoms with Gasteiger partial charge in [0.05, 0.1) is 24.0 Å².